The van der Waals surface area contributed by atoms with Crippen molar-refractivity contribution >= 4 is 23.5 Å². The van der Waals surface area contributed by atoms with E-state index >= 15 is 0 Å². The van der Waals surface area contributed by atoms with Crippen LogP contribution in [0.2, 0.25) is 0 Å². The predicted octanol–water partition coefficient (Wildman–Crippen LogP) is 8.43. The zero-order valence-electron chi connectivity index (χ0n) is 28.6. The van der Waals surface area contributed by atoms with E-state index in [1.54, 1.807) is 30.2 Å². The molecule has 1 fully saturated rings. The minimum atomic E-state index is -0.574. The number of para-hydroxylation sites is 1. The Hall–Kier alpha value is -5.46. The third kappa shape index (κ3) is 8.87. The van der Waals surface area contributed by atoms with Crippen LogP contribution in [0.4, 0.5) is 10.5 Å². The van der Waals surface area contributed by atoms with Crippen molar-refractivity contribution in [1.82, 2.24) is 20.1 Å². The fourth-order valence-electron chi connectivity index (χ4n) is 5.95. The molecule has 264 valence electrons. The minimum Gasteiger partial charge on any atom is -0.457 e. The zero-order chi connectivity index (χ0) is 35.7. The van der Waals surface area contributed by atoms with Crippen molar-refractivity contribution in [3.63, 3.8) is 0 Å². The quantitative estimate of drug-likeness (QED) is 0.108. The van der Waals surface area contributed by atoms with Crippen LogP contribution in [0, 0.1) is 0 Å². The van der Waals surface area contributed by atoms with E-state index in [1.807, 2.05) is 109 Å². The number of urea groups is 1. The van der Waals surface area contributed by atoms with Crippen LogP contribution in [0.3, 0.4) is 0 Å². The number of hydrogen-bond acceptors (Lipinski definition) is 8. The SMILES string of the molecule is Cn1cnnc1SC[C@@H]1C[C@H](c2ccc(CO)cc2)O[C@H](c2ccc(-c3ccccc3CNC(=O)Nc3ccc(Oc4ccccc4)cc3)cc2)O1. The van der Waals surface area contributed by atoms with Crippen molar-refractivity contribution in [1.29, 1.82) is 0 Å². The Morgan fingerprint density at radius 1 is 0.865 bits per heavy atom. The molecule has 0 bridgehead atoms. The van der Waals surface area contributed by atoms with E-state index in [1.165, 1.54) is 0 Å². The number of nitrogens with one attached hydrogen (secondary N) is 2. The molecule has 1 aromatic heterocycles. The van der Waals surface area contributed by atoms with Crippen molar-refractivity contribution in [3.8, 4) is 22.6 Å². The van der Waals surface area contributed by atoms with Crippen molar-refractivity contribution < 1.29 is 24.1 Å². The first-order chi connectivity index (χ1) is 25.5. The highest BCUT2D eigenvalue weighted by Gasteiger charge is 2.32. The van der Waals surface area contributed by atoms with E-state index in [4.69, 9.17) is 14.2 Å². The van der Waals surface area contributed by atoms with Gasteiger partial charge in [0.05, 0.1) is 18.8 Å². The molecular formula is C41H39N5O5S. The molecule has 7 rings (SSSR count). The van der Waals surface area contributed by atoms with Gasteiger partial charge in [-0.05, 0) is 64.2 Å². The Morgan fingerprint density at radius 2 is 1.58 bits per heavy atom. The molecule has 1 saturated heterocycles. The number of rotatable bonds is 12. The van der Waals surface area contributed by atoms with Crippen molar-refractivity contribution in [2.75, 3.05) is 11.1 Å². The molecule has 10 nitrogen and oxygen atoms in total. The molecule has 1 aliphatic heterocycles. The van der Waals surface area contributed by atoms with Crippen LogP contribution >= 0.6 is 11.8 Å². The van der Waals surface area contributed by atoms with Crippen LogP contribution in [0.25, 0.3) is 11.1 Å². The Bertz CT molecular complexity index is 2060. The van der Waals surface area contributed by atoms with E-state index in [0.717, 1.165) is 44.3 Å². The van der Waals surface area contributed by atoms with Crippen molar-refractivity contribution in [2.45, 2.75) is 43.2 Å². The first-order valence-corrected chi connectivity index (χ1v) is 18.0. The highest BCUT2D eigenvalue weighted by atomic mass is 32.2. The van der Waals surface area contributed by atoms with E-state index in [2.05, 4.69) is 39.0 Å². The number of aromatic nitrogens is 3. The maximum absolute atomic E-state index is 12.8. The van der Waals surface area contributed by atoms with Crippen LogP contribution in [-0.4, -0.2) is 37.8 Å². The van der Waals surface area contributed by atoms with Gasteiger partial charge in [-0.3, -0.25) is 0 Å². The molecular weight excluding hydrogens is 675 g/mol. The molecule has 0 saturated carbocycles. The normalized spacial score (nSPS) is 17.0. The number of amides is 2. The summed E-state index contributed by atoms with van der Waals surface area (Å²) in [6, 6.07) is 40.6. The predicted molar refractivity (Wildman–Crippen MR) is 201 cm³/mol. The molecule has 0 aliphatic carbocycles. The number of aliphatic hydroxyl groups excluding tert-OH is 1. The maximum Gasteiger partial charge on any atom is 0.319 e. The second kappa shape index (κ2) is 16.7. The summed E-state index contributed by atoms with van der Waals surface area (Å²) in [7, 11) is 1.93. The van der Waals surface area contributed by atoms with E-state index in [0.29, 0.717) is 30.2 Å². The monoisotopic (exact) mass is 713 g/mol. The average molecular weight is 714 g/mol. The van der Waals surface area contributed by atoms with Gasteiger partial charge < -0.3 is 34.5 Å². The van der Waals surface area contributed by atoms with Gasteiger partial charge >= 0.3 is 6.03 Å². The van der Waals surface area contributed by atoms with Gasteiger partial charge in [0, 0.05) is 37.0 Å². The minimum absolute atomic E-state index is 0.00622. The second-order valence-corrected chi connectivity index (χ2v) is 13.4. The summed E-state index contributed by atoms with van der Waals surface area (Å²) in [5.74, 6) is 2.13. The van der Waals surface area contributed by atoms with Gasteiger partial charge in [-0.2, -0.15) is 0 Å². The molecule has 52 heavy (non-hydrogen) atoms. The lowest BCUT2D eigenvalue weighted by molar-refractivity contribution is -0.245. The summed E-state index contributed by atoms with van der Waals surface area (Å²) in [5, 5.41) is 24.5. The topological polar surface area (TPSA) is 120 Å². The average Bonchev–Trinajstić information content (AvgIpc) is 3.61. The number of carbonyl (C=O) groups excluding carboxylic acids is 1. The van der Waals surface area contributed by atoms with Gasteiger partial charge in [-0.25, -0.2) is 4.79 Å². The number of aliphatic hydroxyl groups is 1. The summed E-state index contributed by atoms with van der Waals surface area (Å²) < 4.78 is 20.8. The number of thioether (sulfide) groups is 1. The van der Waals surface area contributed by atoms with Gasteiger partial charge in [0.15, 0.2) is 11.4 Å². The Kier molecular flexibility index (Phi) is 11.2. The number of ether oxygens (including phenoxy) is 3. The smallest absolute Gasteiger partial charge is 0.319 e. The van der Waals surface area contributed by atoms with Crippen molar-refractivity contribution in [3.05, 3.63) is 156 Å². The summed E-state index contributed by atoms with van der Waals surface area (Å²) in [5.41, 5.74) is 6.47. The highest BCUT2D eigenvalue weighted by Crippen LogP contribution is 2.40. The number of hydrogen-bond donors (Lipinski definition) is 3. The van der Waals surface area contributed by atoms with Crippen LogP contribution in [0.5, 0.6) is 11.5 Å². The van der Waals surface area contributed by atoms with Crippen LogP contribution < -0.4 is 15.4 Å². The molecule has 5 aromatic carbocycles. The summed E-state index contributed by atoms with van der Waals surface area (Å²) >= 11 is 1.61. The molecule has 2 heterocycles. The van der Waals surface area contributed by atoms with Crippen molar-refractivity contribution in [2.24, 2.45) is 7.05 Å². The fraction of sp³-hybridized carbons (Fsp3) is 0.195. The van der Waals surface area contributed by atoms with Gasteiger partial charge in [-0.15, -0.1) is 10.2 Å². The molecule has 3 atom stereocenters. The lowest BCUT2D eigenvalue weighted by atomic mass is 9.98. The molecule has 1 aliphatic rings. The molecule has 2 amide bonds. The molecule has 0 radical (unpaired) electrons. The molecule has 0 unspecified atom stereocenters. The number of anilines is 1. The zero-order valence-corrected chi connectivity index (χ0v) is 29.4. The van der Waals surface area contributed by atoms with Crippen LogP contribution in [-0.2, 0) is 29.7 Å². The molecule has 3 N–H and O–H groups in total. The first kappa shape index (κ1) is 35.0. The summed E-state index contributed by atoms with van der Waals surface area (Å²) in [6.07, 6.45) is 1.51. The number of carbonyl (C=O) groups is 1. The largest absolute Gasteiger partial charge is 0.457 e. The lowest BCUT2D eigenvalue weighted by Gasteiger charge is -2.36. The van der Waals surface area contributed by atoms with Crippen LogP contribution in [0.15, 0.2) is 139 Å². The molecule has 0 spiro atoms. The van der Waals surface area contributed by atoms with E-state index in [-0.39, 0.29) is 24.8 Å². The Balaban J connectivity index is 0.999. The Labute approximate surface area is 306 Å². The van der Waals surface area contributed by atoms with E-state index < -0.39 is 6.29 Å². The van der Waals surface area contributed by atoms with Gasteiger partial charge in [0.1, 0.15) is 17.8 Å². The maximum atomic E-state index is 12.8. The lowest BCUT2D eigenvalue weighted by Crippen LogP contribution is -2.31. The summed E-state index contributed by atoms with van der Waals surface area (Å²) in [6.45, 7) is 0.336. The second-order valence-electron chi connectivity index (χ2n) is 12.4. The van der Waals surface area contributed by atoms with Gasteiger partial charge in [0.2, 0.25) is 0 Å². The third-order valence-corrected chi connectivity index (χ3v) is 9.89. The third-order valence-electron chi connectivity index (χ3n) is 8.72. The summed E-state index contributed by atoms with van der Waals surface area (Å²) in [4.78, 5) is 12.8. The van der Waals surface area contributed by atoms with Gasteiger partial charge in [0.25, 0.3) is 0 Å². The number of nitrogens with zero attached hydrogens (tertiary/aromatic N) is 3. The van der Waals surface area contributed by atoms with Crippen LogP contribution in [0.1, 0.15) is 41.1 Å². The molecule has 11 heteroatoms. The first-order valence-electron chi connectivity index (χ1n) is 17.0. The number of benzene rings is 5. The van der Waals surface area contributed by atoms with E-state index in [9.17, 15) is 9.90 Å². The Morgan fingerprint density at radius 3 is 2.31 bits per heavy atom. The number of aryl methyl sites for hydroxylation is 1. The highest BCUT2D eigenvalue weighted by molar-refractivity contribution is 7.99. The van der Waals surface area contributed by atoms with Gasteiger partial charge in [-0.1, -0.05) is 103 Å². The molecule has 6 aromatic rings. The fourth-order valence-corrected chi connectivity index (χ4v) is 6.86. The standard InChI is InChI=1S/C41H39N5O5S/c1-46-27-43-45-41(46)52-26-36-23-38(30-13-11-28(25-47)12-14-30)51-39(50-36)31-17-15-29(16-18-31)37-10-6-5-7-32(37)24-42-40(48)44-33-19-21-35(22-20-33)49-34-8-3-2-4-9-34/h2-22,27,36,38-39,47H,23-26H2,1H3,(H2,42,44,48)/t36-,38+,39+/m0/s1.